The highest BCUT2D eigenvalue weighted by Crippen LogP contribution is 2.35. The summed E-state index contributed by atoms with van der Waals surface area (Å²) in [5.74, 6) is 0.126. The molecule has 1 heterocycles. The van der Waals surface area contributed by atoms with Gasteiger partial charge >= 0.3 is 0 Å². The van der Waals surface area contributed by atoms with Gasteiger partial charge in [0.15, 0.2) is 5.78 Å². The van der Waals surface area contributed by atoms with Crippen molar-refractivity contribution in [2.45, 2.75) is 0 Å². The van der Waals surface area contributed by atoms with Gasteiger partial charge in [0.2, 0.25) is 5.95 Å². The number of benzene rings is 4. The van der Waals surface area contributed by atoms with Crippen LogP contribution in [0.3, 0.4) is 0 Å². The lowest BCUT2D eigenvalue weighted by Crippen LogP contribution is -2.08. The van der Waals surface area contributed by atoms with Gasteiger partial charge in [-0.25, -0.2) is 9.97 Å². The lowest BCUT2D eigenvalue weighted by Gasteiger charge is -2.14. The summed E-state index contributed by atoms with van der Waals surface area (Å²) in [5.41, 5.74) is 3.60. The summed E-state index contributed by atoms with van der Waals surface area (Å²) in [6.07, 6.45) is 0. The van der Waals surface area contributed by atoms with Gasteiger partial charge in [-0.1, -0.05) is 85.4 Å². The molecule has 1 N–H and O–H groups in total. The number of fused-ring (bicyclic) bond motifs is 1. The van der Waals surface area contributed by atoms with Crippen LogP contribution in [0.1, 0.15) is 15.9 Å². The number of rotatable bonds is 5. The molecule has 0 amide bonds. The maximum Gasteiger partial charge on any atom is 0.228 e. The molecule has 5 aromatic rings. The Morgan fingerprint density at radius 1 is 0.743 bits per heavy atom. The highest BCUT2D eigenvalue weighted by atomic mass is 79.9. The van der Waals surface area contributed by atoms with E-state index in [1.54, 1.807) is 36.4 Å². The second kappa shape index (κ2) is 10.1. The predicted octanol–water partition coefficient (Wildman–Crippen LogP) is 9.10. The van der Waals surface area contributed by atoms with Crippen LogP contribution in [0.15, 0.2) is 93.9 Å². The molecule has 0 aliphatic carbocycles. The Morgan fingerprint density at radius 2 is 1.43 bits per heavy atom. The summed E-state index contributed by atoms with van der Waals surface area (Å²) in [4.78, 5) is 22.9. The third-order valence-electron chi connectivity index (χ3n) is 5.38. The quantitative estimate of drug-likeness (QED) is 0.198. The number of anilines is 2. The molecule has 0 atom stereocenters. The van der Waals surface area contributed by atoms with E-state index in [4.69, 9.17) is 33.2 Å². The molecule has 4 aromatic carbocycles. The zero-order chi connectivity index (χ0) is 24.5. The minimum absolute atomic E-state index is 0.213. The van der Waals surface area contributed by atoms with Gasteiger partial charge in [-0.15, -0.1) is 0 Å². The van der Waals surface area contributed by atoms with Crippen LogP contribution in [0.5, 0.6) is 0 Å². The van der Waals surface area contributed by atoms with Crippen molar-refractivity contribution in [3.05, 3.63) is 115 Å². The number of aromatic nitrogens is 2. The Kier molecular flexibility index (Phi) is 6.89. The van der Waals surface area contributed by atoms with Crippen LogP contribution in [0.4, 0.5) is 11.6 Å². The van der Waals surface area contributed by atoms with Crippen LogP contribution in [-0.2, 0) is 0 Å². The van der Waals surface area contributed by atoms with Crippen molar-refractivity contribution in [3.8, 4) is 11.3 Å². The molecule has 172 valence electrons. The molecular weight excluding hydrogens is 613 g/mol. The van der Waals surface area contributed by atoms with Crippen LogP contribution >= 0.6 is 55.1 Å². The van der Waals surface area contributed by atoms with Gasteiger partial charge in [0.05, 0.1) is 21.9 Å². The van der Waals surface area contributed by atoms with E-state index in [1.165, 1.54) is 0 Å². The van der Waals surface area contributed by atoms with Crippen molar-refractivity contribution in [1.82, 2.24) is 9.97 Å². The fraction of sp³-hybridized carbons (Fsp3) is 0. The van der Waals surface area contributed by atoms with Gasteiger partial charge < -0.3 is 5.32 Å². The molecule has 4 nitrogen and oxygen atoms in total. The minimum atomic E-state index is -0.213. The molecule has 0 spiro atoms. The first-order chi connectivity index (χ1) is 16.9. The SMILES string of the molecule is O=C(c1ccccc1Cl)c1cc(Br)ccc1Nc1nc(-c2ccccc2Cl)c2cc(Br)ccc2n1. The van der Waals surface area contributed by atoms with Gasteiger partial charge in [-0.3, -0.25) is 4.79 Å². The monoisotopic (exact) mass is 625 g/mol. The number of ketones is 1. The molecule has 0 fully saturated rings. The molecule has 0 bridgehead atoms. The van der Waals surface area contributed by atoms with Gasteiger partial charge in [-0.05, 0) is 54.6 Å². The summed E-state index contributed by atoms with van der Waals surface area (Å²) >= 11 is 19.8. The third kappa shape index (κ3) is 4.98. The number of nitrogens with zero attached hydrogens (tertiary/aromatic N) is 2. The van der Waals surface area contributed by atoms with Crippen LogP contribution in [0, 0.1) is 0 Å². The maximum absolute atomic E-state index is 13.4. The molecule has 0 saturated carbocycles. The number of hydrogen-bond acceptors (Lipinski definition) is 4. The molecule has 35 heavy (non-hydrogen) atoms. The Labute approximate surface area is 228 Å². The van der Waals surface area contributed by atoms with Crippen molar-refractivity contribution < 1.29 is 4.79 Å². The zero-order valence-corrected chi connectivity index (χ0v) is 22.6. The zero-order valence-electron chi connectivity index (χ0n) is 17.9. The van der Waals surface area contributed by atoms with E-state index >= 15 is 0 Å². The molecule has 0 radical (unpaired) electrons. The standard InChI is InChI=1S/C27H15Br2Cl2N3O/c28-15-9-11-23-19(13-15)25(17-5-1-3-7-21(17)30)34-27(32-23)33-24-12-10-16(29)14-20(24)26(35)18-6-2-4-8-22(18)31/h1-14H,(H,32,33,34). The first kappa shape index (κ1) is 23.9. The second-order valence-corrected chi connectivity index (χ2v) is 10.3. The largest absolute Gasteiger partial charge is 0.323 e. The van der Waals surface area contributed by atoms with E-state index in [9.17, 15) is 4.79 Å². The number of carbonyl (C=O) groups excluding carboxylic acids is 1. The van der Waals surface area contributed by atoms with E-state index in [-0.39, 0.29) is 5.78 Å². The van der Waals surface area contributed by atoms with E-state index in [2.05, 4.69) is 37.2 Å². The van der Waals surface area contributed by atoms with Crippen LogP contribution in [0.2, 0.25) is 10.0 Å². The summed E-state index contributed by atoms with van der Waals surface area (Å²) in [5, 5.41) is 5.06. The lowest BCUT2D eigenvalue weighted by molar-refractivity contribution is 0.103. The van der Waals surface area contributed by atoms with Crippen molar-refractivity contribution in [2.75, 3.05) is 5.32 Å². The van der Waals surface area contributed by atoms with Gasteiger partial charge in [0, 0.05) is 36.0 Å². The fourth-order valence-corrected chi connectivity index (χ4v) is 4.91. The van der Waals surface area contributed by atoms with Crippen LogP contribution in [-0.4, -0.2) is 15.8 Å². The van der Waals surface area contributed by atoms with Gasteiger partial charge in [0.25, 0.3) is 0 Å². The number of hydrogen-bond donors (Lipinski definition) is 1. The normalized spacial score (nSPS) is 11.0. The molecule has 0 aliphatic heterocycles. The Hall–Kier alpha value is -2.77. The molecule has 0 unspecified atom stereocenters. The summed E-state index contributed by atoms with van der Waals surface area (Å²) in [6, 6.07) is 25.7. The lowest BCUT2D eigenvalue weighted by atomic mass is 10.0. The van der Waals surface area contributed by atoms with Crippen LogP contribution in [0.25, 0.3) is 22.2 Å². The fourth-order valence-electron chi connectivity index (χ4n) is 3.74. The first-order valence-electron chi connectivity index (χ1n) is 10.5. The van der Waals surface area contributed by atoms with E-state index in [0.29, 0.717) is 38.5 Å². The molecule has 8 heteroatoms. The Bertz CT molecular complexity index is 1610. The smallest absolute Gasteiger partial charge is 0.228 e. The summed E-state index contributed by atoms with van der Waals surface area (Å²) < 4.78 is 1.67. The van der Waals surface area contributed by atoms with Crippen molar-refractivity contribution in [2.24, 2.45) is 0 Å². The summed E-state index contributed by atoms with van der Waals surface area (Å²) in [7, 11) is 0. The van der Waals surface area contributed by atoms with E-state index in [1.807, 2.05) is 48.5 Å². The Balaban J connectivity index is 1.65. The van der Waals surface area contributed by atoms with E-state index < -0.39 is 0 Å². The number of carbonyl (C=O) groups is 1. The second-order valence-electron chi connectivity index (χ2n) is 7.66. The van der Waals surface area contributed by atoms with Crippen molar-refractivity contribution in [3.63, 3.8) is 0 Å². The molecule has 0 saturated heterocycles. The number of halogens is 4. The average molecular weight is 628 g/mol. The van der Waals surface area contributed by atoms with Crippen molar-refractivity contribution >= 4 is 83.4 Å². The summed E-state index contributed by atoms with van der Waals surface area (Å²) in [6.45, 7) is 0. The van der Waals surface area contributed by atoms with Gasteiger partial charge in [-0.2, -0.15) is 0 Å². The molecule has 0 aliphatic rings. The van der Waals surface area contributed by atoms with Crippen molar-refractivity contribution in [1.29, 1.82) is 0 Å². The van der Waals surface area contributed by atoms with E-state index in [0.717, 1.165) is 25.4 Å². The first-order valence-corrected chi connectivity index (χ1v) is 12.8. The molecule has 5 rings (SSSR count). The maximum atomic E-state index is 13.4. The highest BCUT2D eigenvalue weighted by molar-refractivity contribution is 9.10. The minimum Gasteiger partial charge on any atom is -0.323 e. The average Bonchev–Trinajstić information content (AvgIpc) is 2.85. The molecule has 1 aromatic heterocycles. The predicted molar refractivity (Wildman–Crippen MR) is 150 cm³/mol. The number of nitrogens with one attached hydrogen (secondary N) is 1. The third-order valence-corrected chi connectivity index (χ3v) is 7.02. The topological polar surface area (TPSA) is 54.9 Å². The molecular formula is C27H15Br2Cl2N3O. The Morgan fingerprint density at radius 3 is 2.20 bits per heavy atom. The highest BCUT2D eigenvalue weighted by Gasteiger charge is 2.19. The van der Waals surface area contributed by atoms with Crippen LogP contribution < -0.4 is 5.32 Å². The van der Waals surface area contributed by atoms with Gasteiger partial charge in [0.1, 0.15) is 0 Å².